The van der Waals surface area contributed by atoms with E-state index in [1.807, 2.05) is 60.4 Å². The molecule has 5 nitrogen and oxygen atoms in total. The molecule has 0 spiro atoms. The van der Waals surface area contributed by atoms with Crippen molar-refractivity contribution in [2.45, 2.75) is 25.9 Å². The Labute approximate surface area is 174 Å². The monoisotopic (exact) mass is 403 g/mol. The highest BCUT2D eigenvalue weighted by Crippen LogP contribution is 2.34. The van der Waals surface area contributed by atoms with Gasteiger partial charge in [-0.25, -0.2) is 9.18 Å². The number of nitrogens with zero attached hydrogens (tertiary/aromatic N) is 1. The minimum Gasteiger partial charge on any atom is -0.334 e. The van der Waals surface area contributed by atoms with Crippen LogP contribution in [0.2, 0.25) is 0 Å². The molecule has 30 heavy (non-hydrogen) atoms. The fourth-order valence-corrected chi connectivity index (χ4v) is 3.70. The number of carbonyl (C=O) groups is 2. The van der Waals surface area contributed by atoms with E-state index in [2.05, 4.69) is 10.6 Å². The van der Waals surface area contributed by atoms with Gasteiger partial charge < -0.3 is 15.5 Å². The topological polar surface area (TPSA) is 61.4 Å². The lowest BCUT2D eigenvalue weighted by atomic mass is 10.1. The summed E-state index contributed by atoms with van der Waals surface area (Å²) < 4.78 is 13.7. The van der Waals surface area contributed by atoms with Crippen LogP contribution in [0.5, 0.6) is 0 Å². The van der Waals surface area contributed by atoms with Gasteiger partial charge in [-0.3, -0.25) is 4.79 Å². The van der Waals surface area contributed by atoms with Crippen LogP contribution < -0.4 is 15.5 Å². The van der Waals surface area contributed by atoms with E-state index in [-0.39, 0.29) is 24.2 Å². The van der Waals surface area contributed by atoms with Gasteiger partial charge >= 0.3 is 6.03 Å². The molecule has 1 atom stereocenters. The fourth-order valence-electron chi connectivity index (χ4n) is 3.70. The molecule has 0 bridgehead atoms. The number of nitrogens with one attached hydrogen (secondary N) is 2. The van der Waals surface area contributed by atoms with Crippen LogP contribution in [0.1, 0.15) is 28.4 Å². The number of carbonyl (C=O) groups excluding carboxylic acids is 2. The lowest BCUT2D eigenvalue weighted by Gasteiger charge is -2.23. The zero-order chi connectivity index (χ0) is 21.1. The molecule has 0 radical (unpaired) electrons. The van der Waals surface area contributed by atoms with Crippen LogP contribution >= 0.6 is 0 Å². The highest BCUT2D eigenvalue weighted by atomic mass is 19.1. The SMILES string of the molecule is C[C@@H]1Cc2ccc(CNC(=O)Nc3ccccc3F)cc2N1C(=O)c1ccccc1. The smallest absolute Gasteiger partial charge is 0.319 e. The standard InChI is InChI=1S/C24H22FN3O2/c1-16-13-19-12-11-17(15-26-24(30)27-21-10-6-5-9-20(21)25)14-22(19)28(16)23(29)18-7-3-2-4-8-18/h2-12,14,16H,13,15H2,1H3,(H2,26,27,30)/t16-/m1/s1. The Kier molecular flexibility index (Phi) is 5.48. The molecule has 3 amide bonds. The summed E-state index contributed by atoms with van der Waals surface area (Å²) in [6, 6.07) is 20.6. The van der Waals surface area contributed by atoms with Crippen molar-refractivity contribution in [1.82, 2.24) is 5.32 Å². The Bertz CT molecular complexity index is 1080. The zero-order valence-corrected chi connectivity index (χ0v) is 16.6. The molecular formula is C24H22FN3O2. The molecule has 0 aliphatic carbocycles. The van der Waals surface area contributed by atoms with Crippen molar-refractivity contribution in [1.29, 1.82) is 0 Å². The Morgan fingerprint density at radius 2 is 1.77 bits per heavy atom. The van der Waals surface area contributed by atoms with Crippen LogP contribution in [0.25, 0.3) is 0 Å². The van der Waals surface area contributed by atoms with Gasteiger partial charge in [0.2, 0.25) is 0 Å². The summed E-state index contributed by atoms with van der Waals surface area (Å²) in [5, 5.41) is 5.23. The minimum absolute atomic E-state index is 0.0377. The Balaban J connectivity index is 1.47. The maximum atomic E-state index is 13.7. The number of anilines is 2. The number of halogens is 1. The molecule has 1 heterocycles. The van der Waals surface area contributed by atoms with E-state index in [4.69, 9.17) is 0 Å². The number of fused-ring (bicyclic) bond motifs is 1. The van der Waals surface area contributed by atoms with Crippen LogP contribution in [0.4, 0.5) is 20.6 Å². The van der Waals surface area contributed by atoms with Crippen molar-refractivity contribution in [3.8, 4) is 0 Å². The van der Waals surface area contributed by atoms with Crippen molar-refractivity contribution in [3.63, 3.8) is 0 Å². The Morgan fingerprint density at radius 1 is 1.03 bits per heavy atom. The van der Waals surface area contributed by atoms with Crippen LogP contribution in [0.3, 0.4) is 0 Å². The van der Waals surface area contributed by atoms with Crippen molar-refractivity contribution >= 4 is 23.3 Å². The average Bonchev–Trinajstić information content (AvgIpc) is 3.09. The number of urea groups is 1. The summed E-state index contributed by atoms with van der Waals surface area (Å²) in [4.78, 5) is 27.0. The second-order valence-electron chi connectivity index (χ2n) is 7.34. The van der Waals surface area contributed by atoms with E-state index in [9.17, 15) is 14.0 Å². The van der Waals surface area contributed by atoms with E-state index < -0.39 is 11.8 Å². The third kappa shape index (κ3) is 4.03. The fraction of sp³-hybridized carbons (Fsp3) is 0.167. The molecule has 6 heteroatoms. The summed E-state index contributed by atoms with van der Waals surface area (Å²) in [5.74, 6) is -0.529. The molecule has 3 aromatic rings. The molecule has 0 saturated heterocycles. The molecule has 152 valence electrons. The molecule has 0 aromatic heterocycles. The number of hydrogen-bond acceptors (Lipinski definition) is 2. The normalized spacial score (nSPS) is 14.9. The Morgan fingerprint density at radius 3 is 2.53 bits per heavy atom. The number of rotatable bonds is 4. The first-order chi connectivity index (χ1) is 14.5. The maximum absolute atomic E-state index is 13.7. The summed E-state index contributed by atoms with van der Waals surface area (Å²) in [6.45, 7) is 2.29. The number of para-hydroxylation sites is 1. The first kappa shape index (κ1) is 19.6. The van der Waals surface area contributed by atoms with Crippen LogP contribution in [-0.2, 0) is 13.0 Å². The van der Waals surface area contributed by atoms with Crippen LogP contribution in [0, 0.1) is 5.82 Å². The molecule has 0 fully saturated rings. The van der Waals surface area contributed by atoms with Gasteiger partial charge in [0.15, 0.2) is 0 Å². The molecule has 1 aliphatic heterocycles. The lowest BCUT2D eigenvalue weighted by molar-refractivity contribution is 0.0981. The van der Waals surface area contributed by atoms with Gasteiger partial charge in [-0.2, -0.15) is 0 Å². The quantitative estimate of drug-likeness (QED) is 0.661. The molecule has 0 unspecified atom stereocenters. The summed E-state index contributed by atoms with van der Waals surface area (Å²) in [5.41, 5.74) is 3.59. The highest BCUT2D eigenvalue weighted by Gasteiger charge is 2.31. The molecule has 2 N–H and O–H groups in total. The minimum atomic E-state index is -0.494. The second-order valence-corrected chi connectivity index (χ2v) is 7.34. The van der Waals surface area contributed by atoms with Gasteiger partial charge in [0.25, 0.3) is 5.91 Å². The Hall–Kier alpha value is -3.67. The predicted molar refractivity (Wildman–Crippen MR) is 115 cm³/mol. The first-order valence-corrected chi connectivity index (χ1v) is 9.82. The lowest BCUT2D eigenvalue weighted by Crippen LogP contribution is -2.35. The zero-order valence-electron chi connectivity index (χ0n) is 16.6. The third-order valence-corrected chi connectivity index (χ3v) is 5.18. The van der Waals surface area contributed by atoms with Gasteiger partial charge in [-0.05, 0) is 54.8 Å². The van der Waals surface area contributed by atoms with E-state index in [1.54, 1.807) is 12.1 Å². The van der Waals surface area contributed by atoms with Gasteiger partial charge in [0, 0.05) is 23.8 Å². The molecule has 3 aromatic carbocycles. The molecule has 0 saturated carbocycles. The van der Waals surface area contributed by atoms with E-state index in [0.29, 0.717) is 5.56 Å². The van der Waals surface area contributed by atoms with Crippen molar-refractivity contribution in [3.05, 3.63) is 95.3 Å². The van der Waals surface area contributed by atoms with Gasteiger partial charge in [0.1, 0.15) is 5.82 Å². The van der Waals surface area contributed by atoms with Crippen molar-refractivity contribution < 1.29 is 14.0 Å². The van der Waals surface area contributed by atoms with Gasteiger partial charge in [-0.15, -0.1) is 0 Å². The van der Waals surface area contributed by atoms with Crippen LogP contribution in [-0.4, -0.2) is 18.0 Å². The summed E-state index contributed by atoms with van der Waals surface area (Å²) >= 11 is 0. The van der Waals surface area contributed by atoms with Crippen LogP contribution in [0.15, 0.2) is 72.8 Å². The number of hydrogen-bond donors (Lipinski definition) is 2. The molecular weight excluding hydrogens is 381 g/mol. The predicted octanol–water partition coefficient (Wildman–Crippen LogP) is 4.74. The van der Waals surface area contributed by atoms with E-state index >= 15 is 0 Å². The number of amides is 3. The van der Waals surface area contributed by atoms with Gasteiger partial charge in [0.05, 0.1) is 5.69 Å². The van der Waals surface area contributed by atoms with Crippen molar-refractivity contribution in [2.24, 2.45) is 0 Å². The summed E-state index contributed by atoms with van der Waals surface area (Å²) in [7, 11) is 0. The maximum Gasteiger partial charge on any atom is 0.319 e. The second kappa shape index (κ2) is 8.37. The van der Waals surface area contributed by atoms with E-state index in [0.717, 1.165) is 23.2 Å². The average molecular weight is 403 g/mol. The van der Waals surface area contributed by atoms with Gasteiger partial charge in [-0.1, -0.05) is 42.5 Å². The highest BCUT2D eigenvalue weighted by molar-refractivity contribution is 6.07. The molecule has 4 rings (SSSR count). The van der Waals surface area contributed by atoms with E-state index in [1.165, 1.54) is 12.1 Å². The summed E-state index contributed by atoms with van der Waals surface area (Å²) in [6.07, 6.45) is 0.787. The van der Waals surface area contributed by atoms with Crippen molar-refractivity contribution in [2.75, 3.05) is 10.2 Å². The third-order valence-electron chi connectivity index (χ3n) is 5.18. The largest absolute Gasteiger partial charge is 0.334 e. The first-order valence-electron chi connectivity index (χ1n) is 9.82. The number of benzene rings is 3. The molecule has 1 aliphatic rings.